The minimum absolute atomic E-state index is 0.0462. The van der Waals surface area contributed by atoms with Crippen molar-refractivity contribution in [2.24, 2.45) is 0 Å². The number of nitrogens with two attached hydrogens (primary N) is 1. The number of nitrogen functional groups attached to an aromatic ring is 1. The van der Waals surface area contributed by atoms with Crippen LogP contribution < -0.4 is 10.6 Å². The van der Waals surface area contributed by atoms with Crippen molar-refractivity contribution in [1.29, 1.82) is 0 Å². The van der Waals surface area contributed by atoms with Gasteiger partial charge in [0.05, 0.1) is 0 Å². The Balaban J connectivity index is 2.96. The maximum atomic E-state index is 12.3. The molecule has 0 radical (unpaired) electrons. The summed E-state index contributed by atoms with van der Waals surface area (Å²) in [5.41, 5.74) is 5.84. The maximum Gasteiger partial charge on any atom is 0.267 e. The summed E-state index contributed by atoms with van der Waals surface area (Å²) in [6.07, 6.45) is 0.919. The van der Waals surface area contributed by atoms with Crippen LogP contribution in [0, 0.1) is 0 Å². The van der Waals surface area contributed by atoms with E-state index in [0.29, 0.717) is 10.7 Å². The topological polar surface area (TPSA) is 62.5 Å². The highest BCUT2D eigenvalue weighted by atomic mass is 32.1. The summed E-state index contributed by atoms with van der Waals surface area (Å²) < 4.78 is 0. The Bertz CT molecular complexity index is 418. The van der Waals surface area contributed by atoms with Gasteiger partial charge in [-0.3, -0.25) is 4.79 Å². The average molecular weight is 270 g/mol. The molecule has 2 N–H and O–H groups in total. The van der Waals surface area contributed by atoms with Gasteiger partial charge in [-0.2, -0.15) is 0 Å². The van der Waals surface area contributed by atoms with Crippen LogP contribution in [-0.4, -0.2) is 42.5 Å². The van der Waals surface area contributed by atoms with Crippen LogP contribution >= 0.6 is 11.3 Å². The summed E-state index contributed by atoms with van der Waals surface area (Å²) in [6, 6.07) is 0.200. The first-order valence-electron chi connectivity index (χ1n) is 6.16. The van der Waals surface area contributed by atoms with Crippen molar-refractivity contribution in [3.63, 3.8) is 0 Å². The Hall–Kier alpha value is -1.30. The van der Waals surface area contributed by atoms with Gasteiger partial charge >= 0.3 is 0 Å². The lowest BCUT2D eigenvalue weighted by Crippen LogP contribution is -2.34. The van der Waals surface area contributed by atoms with Crippen molar-refractivity contribution in [3.8, 4) is 0 Å². The molecular weight excluding hydrogens is 248 g/mol. The molecule has 0 aliphatic heterocycles. The van der Waals surface area contributed by atoms with E-state index in [4.69, 9.17) is 5.73 Å². The molecule has 1 unspecified atom stereocenters. The van der Waals surface area contributed by atoms with Crippen molar-refractivity contribution in [2.75, 3.05) is 31.3 Å². The first kappa shape index (κ1) is 14.8. The standard InChI is InChI=1S/C12H22N4OS/c1-6-8(3)16(5)11(17)9-10(13)14-12(18-9)15(4)7-2/h8H,6-7,13H2,1-5H3. The number of rotatable bonds is 5. The molecule has 0 saturated carbocycles. The first-order valence-corrected chi connectivity index (χ1v) is 6.98. The third-order valence-corrected chi connectivity index (χ3v) is 4.38. The Morgan fingerprint density at radius 3 is 2.56 bits per heavy atom. The highest BCUT2D eigenvalue weighted by molar-refractivity contribution is 7.18. The lowest BCUT2D eigenvalue weighted by atomic mass is 10.2. The molecule has 18 heavy (non-hydrogen) atoms. The SMILES string of the molecule is CCC(C)N(C)C(=O)c1sc(N(C)CC)nc1N. The molecule has 1 heterocycles. The van der Waals surface area contributed by atoms with Crippen LogP contribution in [0.15, 0.2) is 0 Å². The molecule has 0 aliphatic rings. The number of hydrogen-bond donors (Lipinski definition) is 1. The second-order valence-corrected chi connectivity index (χ2v) is 5.38. The third kappa shape index (κ3) is 2.93. The van der Waals surface area contributed by atoms with Crippen molar-refractivity contribution in [1.82, 2.24) is 9.88 Å². The summed E-state index contributed by atoms with van der Waals surface area (Å²) in [5.74, 6) is 0.283. The van der Waals surface area contributed by atoms with E-state index in [1.165, 1.54) is 11.3 Å². The van der Waals surface area contributed by atoms with Crippen molar-refractivity contribution in [3.05, 3.63) is 4.88 Å². The molecule has 0 aliphatic carbocycles. The number of amides is 1. The Kier molecular flexibility index (Phi) is 4.95. The van der Waals surface area contributed by atoms with E-state index in [1.807, 2.05) is 25.8 Å². The summed E-state index contributed by atoms with van der Waals surface area (Å²) >= 11 is 1.36. The first-order chi connectivity index (χ1) is 8.42. The molecule has 0 saturated heterocycles. The van der Waals surface area contributed by atoms with Crippen LogP contribution in [0.3, 0.4) is 0 Å². The smallest absolute Gasteiger partial charge is 0.267 e. The molecule has 6 heteroatoms. The third-order valence-electron chi connectivity index (χ3n) is 3.21. The molecule has 1 atom stereocenters. The summed E-state index contributed by atoms with van der Waals surface area (Å²) in [7, 11) is 3.74. The molecule has 0 bridgehead atoms. The number of carbonyl (C=O) groups excluding carboxylic acids is 1. The van der Waals surface area contributed by atoms with E-state index in [9.17, 15) is 4.79 Å². The lowest BCUT2D eigenvalue weighted by Gasteiger charge is -2.23. The second kappa shape index (κ2) is 6.04. The van der Waals surface area contributed by atoms with E-state index in [2.05, 4.69) is 11.9 Å². The zero-order chi connectivity index (χ0) is 13.9. The van der Waals surface area contributed by atoms with E-state index < -0.39 is 0 Å². The van der Waals surface area contributed by atoms with Gasteiger partial charge in [-0.05, 0) is 20.3 Å². The van der Waals surface area contributed by atoms with Crippen LogP contribution in [0.4, 0.5) is 10.9 Å². The molecular formula is C12H22N4OS. The molecule has 0 spiro atoms. The minimum atomic E-state index is -0.0462. The highest BCUT2D eigenvalue weighted by Crippen LogP contribution is 2.28. The molecule has 1 rings (SSSR count). The Morgan fingerprint density at radius 1 is 1.44 bits per heavy atom. The number of carbonyl (C=O) groups is 1. The van der Waals surface area contributed by atoms with Gasteiger partial charge in [-0.1, -0.05) is 18.3 Å². The van der Waals surface area contributed by atoms with Gasteiger partial charge in [-0.15, -0.1) is 0 Å². The zero-order valence-corrected chi connectivity index (χ0v) is 12.5. The monoisotopic (exact) mass is 270 g/mol. The maximum absolute atomic E-state index is 12.3. The molecule has 0 aromatic carbocycles. The number of thiazole rings is 1. The van der Waals surface area contributed by atoms with Crippen molar-refractivity contribution >= 4 is 28.2 Å². The Labute approximate surface area is 113 Å². The molecule has 1 amide bonds. The Morgan fingerprint density at radius 2 is 2.06 bits per heavy atom. The van der Waals surface area contributed by atoms with Crippen LogP contribution in [-0.2, 0) is 0 Å². The molecule has 102 valence electrons. The van der Waals surface area contributed by atoms with E-state index in [-0.39, 0.29) is 11.9 Å². The highest BCUT2D eigenvalue weighted by Gasteiger charge is 2.23. The summed E-state index contributed by atoms with van der Waals surface area (Å²) in [4.78, 5) is 20.8. The van der Waals surface area contributed by atoms with Crippen LogP contribution in [0.25, 0.3) is 0 Å². The molecule has 0 fully saturated rings. The quantitative estimate of drug-likeness (QED) is 0.889. The number of hydrogen-bond acceptors (Lipinski definition) is 5. The largest absolute Gasteiger partial charge is 0.382 e. The van der Waals surface area contributed by atoms with Gasteiger partial charge < -0.3 is 15.5 Å². The van der Waals surface area contributed by atoms with Gasteiger partial charge in [-0.25, -0.2) is 4.98 Å². The van der Waals surface area contributed by atoms with Crippen LogP contribution in [0.5, 0.6) is 0 Å². The van der Waals surface area contributed by atoms with Crippen molar-refractivity contribution < 1.29 is 4.79 Å². The van der Waals surface area contributed by atoms with Gasteiger partial charge in [0.25, 0.3) is 5.91 Å². The molecule has 1 aromatic rings. The van der Waals surface area contributed by atoms with E-state index in [1.54, 1.807) is 11.9 Å². The van der Waals surface area contributed by atoms with Crippen LogP contribution in [0.2, 0.25) is 0 Å². The number of anilines is 2. The number of nitrogens with zero attached hydrogens (tertiary/aromatic N) is 3. The minimum Gasteiger partial charge on any atom is -0.382 e. The predicted molar refractivity (Wildman–Crippen MR) is 77.3 cm³/mol. The molecule has 1 aromatic heterocycles. The average Bonchev–Trinajstić information content (AvgIpc) is 2.77. The van der Waals surface area contributed by atoms with Gasteiger partial charge in [0.2, 0.25) is 0 Å². The normalized spacial score (nSPS) is 12.3. The van der Waals surface area contributed by atoms with Gasteiger partial charge in [0, 0.05) is 26.7 Å². The van der Waals surface area contributed by atoms with Crippen molar-refractivity contribution in [2.45, 2.75) is 33.2 Å². The van der Waals surface area contributed by atoms with E-state index in [0.717, 1.165) is 18.1 Å². The molecule has 5 nitrogen and oxygen atoms in total. The summed E-state index contributed by atoms with van der Waals surface area (Å²) in [6.45, 7) is 6.95. The fourth-order valence-electron chi connectivity index (χ4n) is 1.41. The zero-order valence-electron chi connectivity index (χ0n) is 11.7. The fraction of sp³-hybridized carbons (Fsp3) is 0.667. The van der Waals surface area contributed by atoms with Crippen LogP contribution in [0.1, 0.15) is 36.9 Å². The fourth-order valence-corrected chi connectivity index (χ4v) is 2.40. The van der Waals surface area contributed by atoms with E-state index >= 15 is 0 Å². The predicted octanol–water partition coefficient (Wildman–Crippen LogP) is 2.05. The number of aromatic nitrogens is 1. The second-order valence-electron chi connectivity index (χ2n) is 4.40. The van der Waals surface area contributed by atoms with Gasteiger partial charge in [0.1, 0.15) is 10.7 Å². The summed E-state index contributed by atoms with van der Waals surface area (Å²) in [5, 5.41) is 0.788. The van der Waals surface area contributed by atoms with Gasteiger partial charge in [0.15, 0.2) is 5.13 Å². The lowest BCUT2D eigenvalue weighted by molar-refractivity contribution is 0.0746.